The fraction of sp³-hybridized carbons (Fsp3) is 0.258. The molecule has 3 aromatic carbocycles. The molecule has 1 unspecified atom stereocenters. The van der Waals surface area contributed by atoms with Crippen LogP contribution >= 0.6 is 11.3 Å². The SMILES string of the molecule is CCCOc1ccc(C(O)=C2C(=O)C(=O)N(c3nc4ccc(C)cc4s3)C2c2cc(OC)c(OC)c(OC)c2)cc1. The van der Waals surface area contributed by atoms with Crippen LogP contribution in [0.15, 0.2) is 60.2 Å². The molecule has 0 bridgehead atoms. The molecule has 1 atom stereocenters. The van der Waals surface area contributed by atoms with Gasteiger partial charge in [0, 0.05) is 5.56 Å². The maximum atomic E-state index is 13.7. The number of carbonyl (C=O) groups is 2. The smallest absolute Gasteiger partial charge is 0.301 e. The van der Waals surface area contributed by atoms with Gasteiger partial charge in [0.2, 0.25) is 5.75 Å². The van der Waals surface area contributed by atoms with E-state index in [1.807, 2.05) is 32.0 Å². The number of aryl methyl sites for hydroxylation is 1. The number of ketones is 1. The molecule has 0 aliphatic carbocycles. The van der Waals surface area contributed by atoms with Crippen LogP contribution in [-0.2, 0) is 9.59 Å². The van der Waals surface area contributed by atoms with Crippen LogP contribution in [0, 0.1) is 6.92 Å². The van der Waals surface area contributed by atoms with Crippen molar-refractivity contribution >= 4 is 44.1 Å². The summed E-state index contributed by atoms with van der Waals surface area (Å²) in [6.07, 6.45) is 0.852. The van der Waals surface area contributed by atoms with E-state index in [0.29, 0.717) is 51.4 Å². The largest absolute Gasteiger partial charge is 0.507 e. The number of aliphatic hydroxyl groups excluding tert-OH is 1. The number of anilines is 1. The van der Waals surface area contributed by atoms with Crippen LogP contribution in [-0.4, -0.2) is 49.7 Å². The fourth-order valence-electron chi connectivity index (χ4n) is 4.81. The molecule has 1 fully saturated rings. The molecular weight excluding hydrogens is 544 g/mol. The van der Waals surface area contributed by atoms with Gasteiger partial charge in [-0.1, -0.05) is 24.3 Å². The summed E-state index contributed by atoms with van der Waals surface area (Å²) < 4.78 is 23.1. The summed E-state index contributed by atoms with van der Waals surface area (Å²) in [5.74, 6) is -0.284. The van der Waals surface area contributed by atoms with Gasteiger partial charge < -0.3 is 24.1 Å². The first kappa shape index (κ1) is 28.0. The zero-order valence-electron chi connectivity index (χ0n) is 23.4. The zero-order chi connectivity index (χ0) is 29.3. The van der Waals surface area contributed by atoms with Crippen molar-refractivity contribution in [3.63, 3.8) is 0 Å². The molecule has 10 heteroatoms. The number of nitrogens with zero attached hydrogens (tertiary/aromatic N) is 2. The first-order chi connectivity index (χ1) is 19.8. The Morgan fingerprint density at radius 2 is 1.66 bits per heavy atom. The van der Waals surface area contributed by atoms with E-state index in [1.165, 1.54) is 37.6 Å². The molecule has 5 rings (SSSR count). The summed E-state index contributed by atoms with van der Waals surface area (Å²) in [6, 6.07) is 14.8. The molecule has 1 aliphatic heterocycles. The lowest BCUT2D eigenvalue weighted by Gasteiger charge is -2.24. The van der Waals surface area contributed by atoms with E-state index in [2.05, 4.69) is 4.98 Å². The van der Waals surface area contributed by atoms with E-state index >= 15 is 0 Å². The Morgan fingerprint density at radius 1 is 0.976 bits per heavy atom. The third kappa shape index (κ3) is 5.06. The normalized spacial score (nSPS) is 16.3. The summed E-state index contributed by atoms with van der Waals surface area (Å²) in [4.78, 5) is 33.3. The number of thiazole rings is 1. The van der Waals surface area contributed by atoms with Gasteiger partial charge in [0.15, 0.2) is 16.6 Å². The molecule has 1 saturated heterocycles. The number of aromatic nitrogens is 1. The number of amides is 1. The maximum absolute atomic E-state index is 13.7. The van der Waals surface area contributed by atoms with Gasteiger partial charge in [0.05, 0.1) is 49.8 Å². The lowest BCUT2D eigenvalue weighted by atomic mass is 9.94. The molecular formula is C31H30N2O7S. The highest BCUT2D eigenvalue weighted by molar-refractivity contribution is 7.22. The lowest BCUT2D eigenvalue weighted by Crippen LogP contribution is -2.29. The van der Waals surface area contributed by atoms with Crippen molar-refractivity contribution < 1.29 is 33.6 Å². The molecule has 212 valence electrons. The lowest BCUT2D eigenvalue weighted by molar-refractivity contribution is -0.132. The third-order valence-electron chi connectivity index (χ3n) is 6.79. The second-order valence-corrected chi connectivity index (χ2v) is 10.5. The van der Waals surface area contributed by atoms with Gasteiger partial charge in [-0.2, -0.15) is 0 Å². The summed E-state index contributed by atoms with van der Waals surface area (Å²) in [6.45, 7) is 4.54. The quantitative estimate of drug-likeness (QED) is 0.146. The van der Waals surface area contributed by atoms with E-state index in [9.17, 15) is 14.7 Å². The van der Waals surface area contributed by atoms with Crippen LogP contribution in [0.5, 0.6) is 23.0 Å². The molecule has 1 N–H and O–H groups in total. The average Bonchev–Trinajstić information content (AvgIpc) is 3.52. The molecule has 9 nitrogen and oxygen atoms in total. The van der Waals surface area contributed by atoms with Gasteiger partial charge in [-0.05, 0) is 73.0 Å². The molecule has 1 amide bonds. The molecule has 0 saturated carbocycles. The van der Waals surface area contributed by atoms with E-state index in [1.54, 1.807) is 36.4 Å². The molecule has 41 heavy (non-hydrogen) atoms. The van der Waals surface area contributed by atoms with Crippen LogP contribution in [0.1, 0.15) is 36.1 Å². The number of methoxy groups -OCH3 is 3. The molecule has 4 aromatic rings. The third-order valence-corrected chi connectivity index (χ3v) is 7.80. The van der Waals surface area contributed by atoms with Crippen LogP contribution in [0.4, 0.5) is 5.13 Å². The van der Waals surface area contributed by atoms with Crippen molar-refractivity contribution in [2.75, 3.05) is 32.8 Å². The number of Topliss-reactive ketones (excluding diaryl/α,β-unsaturated/α-hetero) is 1. The topological polar surface area (TPSA) is 107 Å². The second-order valence-electron chi connectivity index (χ2n) is 9.47. The Morgan fingerprint density at radius 3 is 2.27 bits per heavy atom. The van der Waals surface area contributed by atoms with E-state index in [0.717, 1.165) is 16.7 Å². The molecule has 1 aromatic heterocycles. The standard InChI is InChI=1S/C31H30N2O7S/c1-6-13-40-20-10-8-18(9-11-20)27(34)25-26(19-15-22(37-3)29(39-5)23(16-19)38-4)33(30(36)28(25)35)31-32-21-12-7-17(2)14-24(21)41-31/h7-12,14-16,26,34H,6,13H2,1-5H3. The first-order valence-corrected chi connectivity index (χ1v) is 13.8. The Bertz CT molecular complexity index is 1630. The van der Waals surface area contributed by atoms with E-state index in [-0.39, 0.29) is 11.3 Å². The van der Waals surface area contributed by atoms with E-state index in [4.69, 9.17) is 18.9 Å². The van der Waals surface area contributed by atoms with Gasteiger partial charge in [0.1, 0.15) is 11.5 Å². The highest BCUT2D eigenvalue weighted by Crippen LogP contribution is 2.48. The number of fused-ring (bicyclic) bond motifs is 1. The fourth-order valence-corrected chi connectivity index (χ4v) is 5.90. The van der Waals surface area contributed by atoms with Gasteiger partial charge in [-0.15, -0.1) is 0 Å². The Hall–Kier alpha value is -4.57. The van der Waals surface area contributed by atoms with E-state index < -0.39 is 17.7 Å². The van der Waals surface area contributed by atoms with Crippen LogP contribution in [0.3, 0.4) is 0 Å². The highest BCUT2D eigenvalue weighted by Gasteiger charge is 2.48. The number of rotatable bonds is 9. The van der Waals surface area contributed by atoms with Crippen molar-refractivity contribution in [3.05, 3.63) is 76.9 Å². The maximum Gasteiger partial charge on any atom is 0.301 e. The van der Waals surface area contributed by atoms with Crippen molar-refractivity contribution in [3.8, 4) is 23.0 Å². The summed E-state index contributed by atoms with van der Waals surface area (Å²) in [5, 5.41) is 11.9. The minimum Gasteiger partial charge on any atom is -0.507 e. The van der Waals surface area contributed by atoms with Gasteiger partial charge in [-0.3, -0.25) is 14.5 Å². The van der Waals surface area contributed by atoms with Crippen LogP contribution in [0.25, 0.3) is 16.0 Å². The van der Waals surface area contributed by atoms with Crippen molar-refractivity contribution in [1.29, 1.82) is 0 Å². The summed E-state index contributed by atoms with van der Waals surface area (Å²) >= 11 is 1.29. The Balaban J connectivity index is 1.72. The van der Waals surface area contributed by atoms with Crippen molar-refractivity contribution in [2.45, 2.75) is 26.3 Å². The van der Waals surface area contributed by atoms with Crippen molar-refractivity contribution in [2.24, 2.45) is 0 Å². The molecule has 0 spiro atoms. The predicted octanol–water partition coefficient (Wildman–Crippen LogP) is 6.05. The minimum absolute atomic E-state index is 0.0815. The highest BCUT2D eigenvalue weighted by atomic mass is 32.1. The first-order valence-electron chi connectivity index (χ1n) is 13.0. The van der Waals surface area contributed by atoms with Gasteiger partial charge >= 0.3 is 5.91 Å². The number of hydrogen-bond donors (Lipinski definition) is 1. The molecule has 1 aliphatic rings. The number of aliphatic hydroxyl groups is 1. The van der Waals surface area contributed by atoms with Gasteiger partial charge in [-0.25, -0.2) is 4.98 Å². The monoisotopic (exact) mass is 574 g/mol. The zero-order valence-corrected chi connectivity index (χ0v) is 24.2. The van der Waals surface area contributed by atoms with Gasteiger partial charge in [0.25, 0.3) is 5.78 Å². The summed E-state index contributed by atoms with van der Waals surface area (Å²) in [7, 11) is 4.45. The second kappa shape index (κ2) is 11.5. The molecule has 2 heterocycles. The number of carbonyl (C=O) groups excluding carboxylic acids is 2. The van der Waals surface area contributed by atoms with Crippen LogP contribution < -0.4 is 23.8 Å². The number of ether oxygens (including phenoxy) is 4. The number of hydrogen-bond acceptors (Lipinski definition) is 9. The summed E-state index contributed by atoms with van der Waals surface area (Å²) in [5.41, 5.74) is 2.50. The van der Waals surface area contributed by atoms with Crippen LogP contribution in [0.2, 0.25) is 0 Å². The Kier molecular flexibility index (Phi) is 7.85. The predicted molar refractivity (Wildman–Crippen MR) is 157 cm³/mol. The Labute approximate surface area is 241 Å². The molecule has 0 radical (unpaired) electrons. The van der Waals surface area contributed by atoms with Crippen molar-refractivity contribution in [1.82, 2.24) is 4.98 Å². The average molecular weight is 575 g/mol. The number of benzene rings is 3. The minimum atomic E-state index is -1.03.